The predicted molar refractivity (Wildman–Crippen MR) is 201 cm³/mol. The molecule has 11 nitrogen and oxygen atoms in total. The number of nitrogens with zero attached hydrogens (tertiary/aromatic N) is 4. The van der Waals surface area contributed by atoms with E-state index in [4.69, 9.17) is 13.9 Å². The van der Waals surface area contributed by atoms with E-state index in [0.29, 0.717) is 19.5 Å². The van der Waals surface area contributed by atoms with E-state index >= 15 is 0 Å². The molecular formula is C38H49N5O6SSi. The zero-order valence-corrected chi connectivity index (χ0v) is 32.5. The molecule has 0 spiro atoms. The highest BCUT2D eigenvalue weighted by Crippen LogP contribution is 2.40. The minimum absolute atomic E-state index is 0.0107. The molecule has 2 aromatic carbocycles. The minimum atomic E-state index is -3.84. The summed E-state index contributed by atoms with van der Waals surface area (Å²) in [5.41, 5.74) is 3.09. The maximum Gasteiger partial charge on any atom is 0.410 e. The van der Waals surface area contributed by atoms with Crippen molar-refractivity contribution in [3.05, 3.63) is 96.6 Å². The first kappa shape index (κ1) is 37.9. The summed E-state index contributed by atoms with van der Waals surface area (Å²) in [5, 5.41) is -0.0337. The molecule has 1 aliphatic heterocycles. The van der Waals surface area contributed by atoms with Crippen LogP contribution in [-0.2, 0) is 25.6 Å². The number of carbonyl (C=O) groups is 1. The fourth-order valence-corrected chi connectivity index (χ4v) is 7.65. The van der Waals surface area contributed by atoms with Crippen molar-refractivity contribution >= 4 is 30.4 Å². The van der Waals surface area contributed by atoms with Crippen LogP contribution in [0.3, 0.4) is 0 Å². The van der Waals surface area contributed by atoms with Crippen LogP contribution in [0.15, 0.2) is 90.3 Å². The number of ether oxygens (including phenoxy) is 2. The maximum atomic E-state index is 13.7. The Morgan fingerprint density at radius 2 is 1.67 bits per heavy atom. The number of carbonyl (C=O) groups excluding carboxylic acids is 1. The van der Waals surface area contributed by atoms with Crippen molar-refractivity contribution in [1.29, 1.82) is 0 Å². The van der Waals surface area contributed by atoms with Gasteiger partial charge in [-0.2, -0.15) is 0 Å². The fraction of sp³-hybridized carbons (Fsp3) is 0.421. The SMILES string of the molecule is CC(C)(C)OC(=O)N(CC(O[Si](C)(C)C(C)(C)C)c1cccnc1)C[C@H]1CCc2cc(-c3ccc(S(=O)(=O)Nc4ncccn4)cc3)ccc2O1. The summed E-state index contributed by atoms with van der Waals surface area (Å²) in [6.45, 7) is 17.2. The second-order valence-electron chi connectivity index (χ2n) is 15.3. The van der Waals surface area contributed by atoms with E-state index in [0.717, 1.165) is 34.4 Å². The Morgan fingerprint density at radius 1 is 0.980 bits per heavy atom. The second kappa shape index (κ2) is 15.1. The van der Waals surface area contributed by atoms with Gasteiger partial charge in [-0.3, -0.25) is 4.98 Å². The van der Waals surface area contributed by atoms with Crippen LogP contribution in [0, 0.1) is 0 Å². The largest absolute Gasteiger partial charge is 0.488 e. The van der Waals surface area contributed by atoms with Gasteiger partial charge >= 0.3 is 6.09 Å². The van der Waals surface area contributed by atoms with Gasteiger partial charge in [0.05, 0.1) is 24.1 Å². The highest BCUT2D eigenvalue weighted by molar-refractivity contribution is 7.92. The van der Waals surface area contributed by atoms with Crippen molar-refractivity contribution in [1.82, 2.24) is 19.9 Å². The number of benzene rings is 2. The van der Waals surface area contributed by atoms with E-state index in [1.54, 1.807) is 47.6 Å². The number of anilines is 1. The number of aryl methyl sites for hydroxylation is 1. The summed E-state index contributed by atoms with van der Waals surface area (Å²) in [4.78, 5) is 27.8. The molecule has 1 unspecified atom stereocenters. The predicted octanol–water partition coefficient (Wildman–Crippen LogP) is 8.03. The van der Waals surface area contributed by atoms with Crippen molar-refractivity contribution in [3.63, 3.8) is 0 Å². The average molecular weight is 732 g/mol. The molecule has 5 rings (SSSR count). The van der Waals surface area contributed by atoms with Crippen LogP contribution in [-0.4, -0.2) is 67.5 Å². The number of pyridine rings is 1. The molecule has 0 saturated heterocycles. The molecule has 51 heavy (non-hydrogen) atoms. The molecule has 272 valence electrons. The van der Waals surface area contributed by atoms with E-state index in [2.05, 4.69) is 59.6 Å². The number of aromatic nitrogens is 3. The molecule has 2 atom stereocenters. The molecule has 0 fully saturated rings. The lowest BCUT2D eigenvalue weighted by atomic mass is 9.97. The summed E-state index contributed by atoms with van der Waals surface area (Å²) in [7, 11) is -6.08. The van der Waals surface area contributed by atoms with Gasteiger partial charge in [0.1, 0.15) is 17.5 Å². The normalized spacial score (nSPS) is 15.6. The summed E-state index contributed by atoms with van der Waals surface area (Å²) >= 11 is 0. The van der Waals surface area contributed by atoms with Gasteiger partial charge in [0, 0.05) is 24.8 Å². The molecule has 0 aliphatic carbocycles. The van der Waals surface area contributed by atoms with E-state index in [-0.39, 0.29) is 22.0 Å². The fourth-order valence-electron chi connectivity index (χ4n) is 5.42. The van der Waals surface area contributed by atoms with Gasteiger partial charge < -0.3 is 18.8 Å². The lowest BCUT2D eigenvalue weighted by molar-refractivity contribution is 0.00490. The summed E-state index contributed by atoms with van der Waals surface area (Å²) in [6, 6.07) is 18.1. The van der Waals surface area contributed by atoms with E-state index < -0.39 is 36.1 Å². The Balaban J connectivity index is 1.32. The highest BCUT2D eigenvalue weighted by atomic mass is 32.2. The second-order valence-corrected chi connectivity index (χ2v) is 21.8. The van der Waals surface area contributed by atoms with Gasteiger partial charge in [0.25, 0.3) is 10.0 Å². The molecule has 1 amide bonds. The van der Waals surface area contributed by atoms with Crippen molar-refractivity contribution in [2.24, 2.45) is 0 Å². The van der Waals surface area contributed by atoms with Gasteiger partial charge in [-0.05, 0) is 110 Å². The lowest BCUT2D eigenvalue weighted by Gasteiger charge is -2.41. The van der Waals surface area contributed by atoms with Crippen LogP contribution in [0.2, 0.25) is 18.1 Å². The molecular weight excluding hydrogens is 683 g/mol. The van der Waals surface area contributed by atoms with Crippen LogP contribution in [0.5, 0.6) is 5.75 Å². The number of amides is 1. The van der Waals surface area contributed by atoms with E-state index in [9.17, 15) is 13.2 Å². The van der Waals surface area contributed by atoms with E-state index in [1.165, 1.54) is 12.4 Å². The van der Waals surface area contributed by atoms with Crippen molar-refractivity contribution < 1.29 is 27.1 Å². The molecule has 1 N–H and O–H groups in total. The van der Waals surface area contributed by atoms with Crippen molar-refractivity contribution in [2.45, 2.75) is 95.2 Å². The Bertz CT molecular complexity index is 1900. The number of hydrogen-bond donors (Lipinski definition) is 1. The third kappa shape index (κ3) is 9.93. The lowest BCUT2D eigenvalue weighted by Crippen LogP contribution is -2.48. The summed E-state index contributed by atoms with van der Waals surface area (Å²) in [6.07, 6.45) is 6.85. The van der Waals surface area contributed by atoms with Crippen LogP contribution in [0.1, 0.15) is 65.2 Å². The first-order valence-corrected chi connectivity index (χ1v) is 21.5. The molecule has 0 radical (unpaired) electrons. The molecule has 0 saturated carbocycles. The minimum Gasteiger partial charge on any atom is -0.488 e. The molecule has 2 aromatic heterocycles. The third-order valence-corrected chi connectivity index (χ3v) is 15.0. The first-order valence-electron chi connectivity index (χ1n) is 17.2. The molecule has 4 aromatic rings. The molecule has 3 heterocycles. The van der Waals surface area contributed by atoms with Crippen molar-refractivity contribution in [2.75, 3.05) is 17.8 Å². The zero-order valence-electron chi connectivity index (χ0n) is 30.7. The number of nitrogens with one attached hydrogen (secondary N) is 1. The Kier molecular flexibility index (Phi) is 11.2. The monoisotopic (exact) mass is 731 g/mol. The quantitative estimate of drug-likeness (QED) is 0.152. The Morgan fingerprint density at radius 3 is 2.29 bits per heavy atom. The number of fused-ring (bicyclic) bond motifs is 1. The standard InChI is InChI=1S/C38H49N5O6SSi/c1-37(2,3)48-36(44)43(26-34(30-11-9-20-39-24-30)49-51(7,8)38(4,5)6)25-31-16-12-29-23-28(15-19-33(29)47-31)27-13-17-32(18-14-27)50(45,46)42-35-40-21-10-22-41-35/h9-11,13-15,17-24,31,34H,12,16,25-26H2,1-8H3,(H,40,41,42)/t31-,34?/m1/s1. The first-order chi connectivity index (χ1) is 23.9. The number of rotatable bonds is 11. The van der Waals surface area contributed by atoms with Gasteiger partial charge in [0.15, 0.2) is 8.32 Å². The maximum absolute atomic E-state index is 13.7. The van der Waals surface area contributed by atoms with Gasteiger partial charge in [-0.25, -0.2) is 27.9 Å². The van der Waals surface area contributed by atoms with Gasteiger partial charge in [-0.15, -0.1) is 0 Å². The van der Waals surface area contributed by atoms with Gasteiger partial charge in [-0.1, -0.05) is 45.0 Å². The van der Waals surface area contributed by atoms with Crippen LogP contribution >= 0.6 is 0 Å². The van der Waals surface area contributed by atoms with Crippen LogP contribution in [0.4, 0.5) is 10.7 Å². The Labute approximate surface area is 303 Å². The molecule has 0 bridgehead atoms. The number of hydrogen-bond acceptors (Lipinski definition) is 9. The Hall–Kier alpha value is -4.33. The summed E-state index contributed by atoms with van der Waals surface area (Å²) < 4.78 is 47.4. The average Bonchev–Trinajstić information content (AvgIpc) is 3.06. The van der Waals surface area contributed by atoms with Crippen molar-refractivity contribution in [3.8, 4) is 16.9 Å². The topological polar surface area (TPSA) is 133 Å². The van der Waals surface area contributed by atoms with Crippen LogP contribution in [0.25, 0.3) is 11.1 Å². The molecule has 13 heteroatoms. The van der Waals surface area contributed by atoms with E-state index in [1.807, 2.05) is 45.0 Å². The molecule has 1 aliphatic rings. The van der Waals surface area contributed by atoms with Gasteiger partial charge in [0.2, 0.25) is 5.95 Å². The zero-order chi connectivity index (χ0) is 37.0. The highest BCUT2D eigenvalue weighted by Gasteiger charge is 2.41. The van der Waals surface area contributed by atoms with Crippen LogP contribution < -0.4 is 9.46 Å². The third-order valence-electron chi connectivity index (χ3n) is 9.14. The summed E-state index contributed by atoms with van der Waals surface area (Å²) in [5.74, 6) is 0.767. The number of sulfonamides is 1. The smallest absolute Gasteiger partial charge is 0.410 e.